The van der Waals surface area contributed by atoms with Crippen molar-refractivity contribution in [3.8, 4) is 0 Å². The van der Waals surface area contributed by atoms with Gasteiger partial charge in [0.15, 0.2) is 0 Å². The lowest BCUT2D eigenvalue weighted by Gasteiger charge is -2.29. The quantitative estimate of drug-likeness (QED) is 0.218. The molecule has 0 N–H and O–H groups in total. The number of benzene rings is 4. The minimum atomic E-state index is -2.03. The highest BCUT2D eigenvalue weighted by Gasteiger charge is 2.47. The Morgan fingerprint density at radius 1 is 0.543 bits per heavy atom. The smallest absolute Gasteiger partial charge is 0.183 e. The van der Waals surface area contributed by atoms with E-state index in [0.29, 0.717) is 13.2 Å². The van der Waals surface area contributed by atoms with Gasteiger partial charge < -0.3 is 0 Å². The van der Waals surface area contributed by atoms with Gasteiger partial charge in [0, 0.05) is 5.41 Å². The van der Waals surface area contributed by atoms with Crippen LogP contribution in [-0.4, -0.2) is 13.2 Å². The molecule has 0 atom stereocenters. The largest absolute Gasteiger partial charge is 0.389 e. The van der Waals surface area contributed by atoms with Gasteiger partial charge in [-0.1, -0.05) is 86.6 Å². The van der Waals surface area contributed by atoms with E-state index >= 15 is 0 Å². The Balaban J connectivity index is 0.000000243. The summed E-state index contributed by atoms with van der Waals surface area (Å²) in [4.78, 5) is 0. The highest BCUT2D eigenvalue weighted by atomic mass is 33.1. The first-order valence-electron chi connectivity index (χ1n) is 11.6. The van der Waals surface area contributed by atoms with Crippen molar-refractivity contribution in [3.63, 3.8) is 0 Å². The molecule has 4 aromatic rings. The van der Waals surface area contributed by atoms with Crippen molar-refractivity contribution in [2.24, 2.45) is 5.41 Å². The first-order valence-corrected chi connectivity index (χ1v) is 17.3. The van der Waals surface area contributed by atoms with Crippen molar-refractivity contribution in [3.05, 3.63) is 121 Å². The highest BCUT2D eigenvalue weighted by molar-refractivity contribution is 8.82. The maximum Gasteiger partial charge on any atom is 0.389 e. The molecular formula is C29H32O2P2S2+2. The molecular weight excluding hydrogens is 506 g/mol. The SMILES string of the molecule is CC1(C)CO[P+](S)(S)OC1.c1ccc([P+](c2ccccc2)(c2ccccc2)c2ccccc2)cc1. The van der Waals surface area contributed by atoms with E-state index in [0.717, 1.165) is 0 Å². The molecule has 180 valence electrons. The fourth-order valence-electron chi connectivity index (χ4n) is 4.10. The van der Waals surface area contributed by atoms with Crippen LogP contribution < -0.4 is 21.2 Å². The lowest BCUT2D eigenvalue weighted by molar-refractivity contribution is 0.0660. The van der Waals surface area contributed by atoms with Crippen molar-refractivity contribution in [2.75, 3.05) is 13.2 Å². The average Bonchev–Trinajstić information content (AvgIpc) is 2.90. The summed E-state index contributed by atoms with van der Waals surface area (Å²) in [5, 5.41) is 5.55. The topological polar surface area (TPSA) is 18.5 Å². The molecule has 1 fully saturated rings. The first-order chi connectivity index (χ1) is 16.8. The van der Waals surface area contributed by atoms with E-state index in [1.54, 1.807) is 0 Å². The molecule has 35 heavy (non-hydrogen) atoms. The molecule has 1 aliphatic heterocycles. The van der Waals surface area contributed by atoms with Crippen molar-refractivity contribution < 1.29 is 9.05 Å². The van der Waals surface area contributed by atoms with E-state index in [4.69, 9.17) is 9.05 Å². The van der Waals surface area contributed by atoms with Crippen molar-refractivity contribution in [1.82, 2.24) is 0 Å². The summed E-state index contributed by atoms with van der Waals surface area (Å²) < 4.78 is 10.6. The summed E-state index contributed by atoms with van der Waals surface area (Å²) in [5.74, 6) is 0. The van der Waals surface area contributed by atoms with Crippen LogP contribution in [0.15, 0.2) is 121 Å². The zero-order valence-electron chi connectivity index (χ0n) is 20.1. The second kappa shape index (κ2) is 11.6. The summed E-state index contributed by atoms with van der Waals surface area (Å²) in [5.41, 5.74) is 0.120. The van der Waals surface area contributed by atoms with Gasteiger partial charge in [-0.3, -0.25) is 0 Å². The van der Waals surface area contributed by atoms with Gasteiger partial charge >= 0.3 is 6.12 Å². The van der Waals surface area contributed by atoms with Gasteiger partial charge in [0.1, 0.15) is 41.7 Å². The van der Waals surface area contributed by atoms with Crippen LogP contribution in [-0.2, 0) is 9.05 Å². The Bertz CT molecular complexity index is 997. The third-order valence-electron chi connectivity index (χ3n) is 5.82. The van der Waals surface area contributed by atoms with Crippen LogP contribution in [0, 0.1) is 5.41 Å². The molecule has 0 radical (unpaired) electrons. The minimum absolute atomic E-state index is 0.120. The molecule has 0 amide bonds. The monoisotopic (exact) mass is 538 g/mol. The Kier molecular flexibility index (Phi) is 8.76. The number of thiol groups is 2. The van der Waals surface area contributed by atoms with Gasteiger partial charge in [0.25, 0.3) is 0 Å². The van der Waals surface area contributed by atoms with Crippen LogP contribution in [0.5, 0.6) is 0 Å². The second-order valence-corrected chi connectivity index (χ2v) is 18.2. The molecule has 0 spiro atoms. The zero-order valence-corrected chi connectivity index (χ0v) is 23.6. The van der Waals surface area contributed by atoms with Gasteiger partial charge in [0.2, 0.25) is 0 Å². The minimum Gasteiger partial charge on any atom is -0.183 e. The Labute approximate surface area is 221 Å². The Morgan fingerprint density at radius 3 is 1.03 bits per heavy atom. The van der Waals surface area contributed by atoms with Crippen LogP contribution in [0.3, 0.4) is 0 Å². The van der Waals surface area contributed by atoms with Crippen LogP contribution in [0.2, 0.25) is 0 Å². The number of rotatable bonds is 4. The second-order valence-electron chi connectivity index (χ2n) is 9.21. The van der Waals surface area contributed by atoms with Crippen LogP contribution in [0.1, 0.15) is 13.8 Å². The third-order valence-corrected chi connectivity index (χ3v) is 12.4. The normalized spacial score (nSPS) is 16.6. The molecule has 1 aliphatic rings. The zero-order chi connectivity index (χ0) is 24.8. The number of hydrogen-bond donors (Lipinski definition) is 2. The fraction of sp³-hybridized carbons (Fsp3) is 0.172. The van der Waals surface area contributed by atoms with Crippen LogP contribution >= 0.6 is 37.9 Å². The lowest BCUT2D eigenvalue weighted by Crippen LogP contribution is -2.38. The molecule has 0 bridgehead atoms. The summed E-state index contributed by atoms with van der Waals surface area (Å²) in [6.07, 6.45) is -2.03. The summed E-state index contributed by atoms with van der Waals surface area (Å²) in [6.45, 7) is 5.56. The number of hydrogen-bond acceptors (Lipinski definition) is 4. The average molecular weight is 539 g/mol. The maximum absolute atomic E-state index is 5.30. The molecule has 1 heterocycles. The maximum atomic E-state index is 5.30. The fourth-order valence-corrected chi connectivity index (χ4v) is 10.2. The van der Waals surface area contributed by atoms with Gasteiger partial charge in [-0.05, 0) is 48.5 Å². The molecule has 0 unspecified atom stereocenters. The van der Waals surface area contributed by atoms with E-state index in [-0.39, 0.29) is 5.41 Å². The molecule has 0 aromatic heterocycles. The summed E-state index contributed by atoms with van der Waals surface area (Å²) in [7, 11) is -1.91. The molecule has 2 nitrogen and oxygen atoms in total. The van der Waals surface area contributed by atoms with E-state index in [1.165, 1.54) is 21.2 Å². The predicted molar refractivity (Wildman–Crippen MR) is 162 cm³/mol. The molecule has 1 saturated heterocycles. The van der Waals surface area contributed by atoms with Crippen molar-refractivity contribution in [1.29, 1.82) is 0 Å². The predicted octanol–water partition coefficient (Wildman–Crippen LogP) is 6.90. The van der Waals surface area contributed by atoms with E-state index in [2.05, 4.69) is 160 Å². The van der Waals surface area contributed by atoms with E-state index in [1.807, 2.05) is 0 Å². The van der Waals surface area contributed by atoms with E-state index in [9.17, 15) is 0 Å². The highest BCUT2D eigenvalue weighted by Crippen LogP contribution is 2.72. The van der Waals surface area contributed by atoms with Crippen molar-refractivity contribution >= 4 is 59.1 Å². The van der Waals surface area contributed by atoms with Crippen molar-refractivity contribution in [2.45, 2.75) is 13.8 Å². The van der Waals surface area contributed by atoms with Gasteiger partial charge in [0.05, 0.1) is 24.5 Å². The molecule has 0 aliphatic carbocycles. The lowest BCUT2D eigenvalue weighted by atomic mass is 9.97. The van der Waals surface area contributed by atoms with Crippen LogP contribution in [0.25, 0.3) is 0 Å². The van der Waals surface area contributed by atoms with Gasteiger partial charge in [-0.25, -0.2) is 0 Å². The Morgan fingerprint density at radius 2 is 0.800 bits per heavy atom. The molecule has 5 rings (SSSR count). The standard InChI is InChI=1S/C24H20P.C5H12O2PS2/c1-5-13-21(14-6-1)25(22-15-7-2-8-16-22,23-17-9-3-10-18-23)24-19-11-4-12-20-24;1-5(2)3-6-8(9,10)7-4-5/h1-20H;9-10H,3-4H2,1-2H3/q2*+1. The van der Waals surface area contributed by atoms with Gasteiger partial charge in [-0.2, -0.15) is 9.05 Å². The Hall–Kier alpha value is -1.64. The summed E-state index contributed by atoms with van der Waals surface area (Å²) in [6, 6.07) is 43.8. The van der Waals surface area contributed by atoms with E-state index < -0.39 is 13.4 Å². The first kappa shape index (κ1) is 26.4. The summed E-state index contributed by atoms with van der Waals surface area (Å²) >= 11 is 8.25. The van der Waals surface area contributed by atoms with Gasteiger partial charge in [-0.15, -0.1) is 0 Å². The molecule has 4 aromatic carbocycles. The molecule has 6 heteroatoms. The third kappa shape index (κ3) is 6.38. The molecule has 0 saturated carbocycles. The van der Waals surface area contributed by atoms with Crippen LogP contribution in [0.4, 0.5) is 0 Å².